The summed E-state index contributed by atoms with van der Waals surface area (Å²) >= 11 is 3.31. The van der Waals surface area contributed by atoms with E-state index in [1.54, 1.807) is 12.1 Å². The van der Waals surface area contributed by atoms with Crippen LogP contribution in [0.2, 0.25) is 0 Å². The molecule has 4 heteroatoms. The van der Waals surface area contributed by atoms with Crippen molar-refractivity contribution in [2.75, 3.05) is 6.61 Å². The second kappa shape index (κ2) is 3.12. The van der Waals surface area contributed by atoms with Crippen molar-refractivity contribution in [3.63, 3.8) is 0 Å². The van der Waals surface area contributed by atoms with Crippen molar-refractivity contribution < 1.29 is 9.53 Å². The van der Waals surface area contributed by atoms with Crippen LogP contribution in [0.25, 0.3) is 0 Å². The maximum atomic E-state index is 11.5. The Bertz CT molecular complexity index is 365. The van der Waals surface area contributed by atoms with Crippen LogP contribution in [-0.4, -0.2) is 18.4 Å². The molecule has 0 saturated carbocycles. The van der Waals surface area contributed by atoms with Gasteiger partial charge in [0.1, 0.15) is 18.4 Å². The molecular weight excluding hydrogens is 234 g/mol. The molecule has 0 radical (unpaired) electrons. The molecule has 1 atom stereocenters. The monoisotopic (exact) mass is 241 g/mol. The van der Waals surface area contributed by atoms with Gasteiger partial charge in [-0.2, -0.15) is 0 Å². The van der Waals surface area contributed by atoms with Crippen LogP contribution in [-0.2, 0) is 0 Å². The van der Waals surface area contributed by atoms with E-state index in [1.165, 1.54) is 0 Å². The zero-order valence-electron chi connectivity index (χ0n) is 6.79. The van der Waals surface area contributed by atoms with Crippen LogP contribution < -0.4 is 10.5 Å². The maximum absolute atomic E-state index is 11.5. The van der Waals surface area contributed by atoms with Crippen LogP contribution in [0.4, 0.5) is 0 Å². The summed E-state index contributed by atoms with van der Waals surface area (Å²) in [6.45, 7) is 0.258. The van der Waals surface area contributed by atoms with Crippen LogP contribution in [0.1, 0.15) is 10.4 Å². The third-order valence-corrected chi connectivity index (χ3v) is 2.60. The van der Waals surface area contributed by atoms with Crippen molar-refractivity contribution in [2.24, 2.45) is 5.73 Å². The standard InChI is InChI=1S/C9H8BrNO2/c10-6-3-1-2-5-8(12)7(11)4-13-9(5)6/h1-3,7H,4,11H2. The Morgan fingerprint density at radius 2 is 2.31 bits per heavy atom. The minimum absolute atomic E-state index is 0.0532. The van der Waals surface area contributed by atoms with Gasteiger partial charge in [0.2, 0.25) is 0 Å². The number of halogens is 1. The summed E-state index contributed by atoms with van der Waals surface area (Å²) in [5.74, 6) is 0.553. The Morgan fingerprint density at radius 3 is 3.08 bits per heavy atom. The number of ketones is 1. The van der Waals surface area contributed by atoms with Crippen LogP contribution in [0.3, 0.4) is 0 Å². The number of Topliss-reactive ketones (excluding diaryl/α,β-unsaturated/α-hetero) is 1. The lowest BCUT2D eigenvalue weighted by atomic mass is 10.0. The molecule has 13 heavy (non-hydrogen) atoms. The van der Waals surface area contributed by atoms with E-state index in [0.29, 0.717) is 11.3 Å². The van der Waals surface area contributed by atoms with E-state index in [4.69, 9.17) is 10.5 Å². The Hall–Kier alpha value is -0.870. The molecule has 0 saturated heterocycles. The van der Waals surface area contributed by atoms with E-state index < -0.39 is 6.04 Å². The highest BCUT2D eigenvalue weighted by atomic mass is 79.9. The summed E-state index contributed by atoms with van der Waals surface area (Å²) in [5.41, 5.74) is 6.12. The molecule has 68 valence electrons. The van der Waals surface area contributed by atoms with Crippen molar-refractivity contribution in [3.05, 3.63) is 28.2 Å². The minimum atomic E-state index is -0.526. The molecule has 1 heterocycles. The predicted molar refractivity (Wildman–Crippen MR) is 51.9 cm³/mol. The van der Waals surface area contributed by atoms with Gasteiger partial charge in [-0.05, 0) is 28.1 Å². The first kappa shape index (κ1) is 8.72. The van der Waals surface area contributed by atoms with Gasteiger partial charge in [-0.25, -0.2) is 0 Å². The topological polar surface area (TPSA) is 52.3 Å². The molecule has 1 unspecified atom stereocenters. The SMILES string of the molecule is NC1COc2c(Br)cccc2C1=O. The summed E-state index contributed by atoms with van der Waals surface area (Å²) in [6.07, 6.45) is 0. The number of para-hydroxylation sites is 1. The number of carbonyl (C=O) groups is 1. The molecule has 1 aliphatic rings. The molecule has 1 aromatic rings. The lowest BCUT2D eigenvalue weighted by Gasteiger charge is -2.21. The quantitative estimate of drug-likeness (QED) is 0.747. The molecular formula is C9H8BrNO2. The fourth-order valence-corrected chi connectivity index (χ4v) is 1.78. The van der Waals surface area contributed by atoms with E-state index in [1.807, 2.05) is 6.07 Å². The predicted octanol–water partition coefficient (Wildman–Crippen LogP) is 1.35. The zero-order valence-corrected chi connectivity index (χ0v) is 8.37. The van der Waals surface area contributed by atoms with E-state index >= 15 is 0 Å². The van der Waals surface area contributed by atoms with Crippen LogP contribution in [0.5, 0.6) is 5.75 Å². The Labute approximate surface area is 84.0 Å². The van der Waals surface area contributed by atoms with E-state index in [2.05, 4.69) is 15.9 Å². The van der Waals surface area contributed by atoms with E-state index in [9.17, 15) is 4.79 Å². The maximum Gasteiger partial charge on any atom is 0.186 e. The first-order valence-corrected chi connectivity index (χ1v) is 4.70. The number of benzene rings is 1. The van der Waals surface area contributed by atoms with Crippen LogP contribution >= 0.6 is 15.9 Å². The van der Waals surface area contributed by atoms with Gasteiger partial charge < -0.3 is 10.5 Å². The van der Waals surface area contributed by atoms with E-state index in [-0.39, 0.29) is 12.4 Å². The van der Waals surface area contributed by atoms with Gasteiger partial charge in [-0.1, -0.05) is 6.07 Å². The molecule has 0 aliphatic carbocycles. The molecule has 1 aliphatic heterocycles. The zero-order chi connectivity index (χ0) is 9.42. The average molecular weight is 242 g/mol. The molecule has 0 fully saturated rings. The summed E-state index contributed by atoms with van der Waals surface area (Å²) < 4.78 is 6.14. The second-order valence-corrected chi connectivity index (χ2v) is 3.75. The smallest absolute Gasteiger partial charge is 0.186 e. The molecule has 0 aromatic heterocycles. The summed E-state index contributed by atoms with van der Waals surface area (Å²) in [4.78, 5) is 11.5. The van der Waals surface area contributed by atoms with Crippen molar-refractivity contribution in [1.29, 1.82) is 0 Å². The molecule has 0 spiro atoms. The number of rotatable bonds is 0. The summed E-state index contributed by atoms with van der Waals surface area (Å²) in [6, 6.07) is 4.83. The second-order valence-electron chi connectivity index (χ2n) is 2.90. The molecule has 2 N–H and O–H groups in total. The summed E-state index contributed by atoms with van der Waals surface area (Å²) in [5, 5.41) is 0. The summed E-state index contributed by atoms with van der Waals surface area (Å²) in [7, 11) is 0. The first-order valence-electron chi connectivity index (χ1n) is 3.91. The fourth-order valence-electron chi connectivity index (χ4n) is 1.30. The van der Waals surface area contributed by atoms with Gasteiger partial charge in [0.05, 0.1) is 10.0 Å². The highest BCUT2D eigenvalue weighted by molar-refractivity contribution is 9.10. The number of carbonyl (C=O) groups excluding carboxylic acids is 1. The van der Waals surface area contributed by atoms with Crippen molar-refractivity contribution in [2.45, 2.75) is 6.04 Å². The lowest BCUT2D eigenvalue weighted by Crippen LogP contribution is -2.40. The fraction of sp³-hybridized carbons (Fsp3) is 0.222. The Morgan fingerprint density at radius 1 is 1.54 bits per heavy atom. The highest BCUT2D eigenvalue weighted by Gasteiger charge is 2.26. The molecule has 0 amide bonds. The molecule has 0 bridgehead atoms. The largest absolute Gasteiger partial charge is 0.490 e. The number of fused-ring (bicyclic) bond motifs is 1. The van der Waals surface area contributed by atoms with Crippen molar-refractivity contribution >= 4 is 21.7 Å². The van der Waals surface area contributed by atoms with Crippen LogP contribution in [0, 0.1) is 0 Å². The molecule has 2 rings (SSSR count). The Balaban J connectivity index is 2.55. The van der Waals surface area contributed by atoms with Crippen molar-refractivity contribution in [3.8, 4) is 5.75 Å². The first-order chi connectivity index (χ1) is 6.20. The Kier molecular flexibility index (Phi) is 2.09. The number of hydrogen-bond acceptors (Lipinski definition) is 3. The lowest BCUT2D eigenvalue weighted by molar-refractivity contribution is 0.0899. The van der Waals surface area contributed by atoms with Crippen molar-refractivity contribution in [1.82, 2.24) is 0 Å². The number of ether oxygens (including phenoxy) is 1. The van der Waals surface area contributed by atoms with E-state index in [0.717, 1.165) is 4.47 Å². The third kappa shape index (κ3) is 1.36. The van der Waals surface area contributed by atoms with Gasteiger partial charge in [-0.15, -0.1) is 0 Å². The third-order valence-electron chi connectivity index (χ3n) is 1.98. The van der Waals surface area contributed by atoms with Gasteiger partial charge in [0.25, 0.3) is 0 Å². The van der Waals surface area contributed by atoms with Gasteiger partial charge in [0, 0.05) is 0 Å². The number of hydrogen-bond donors (Lipinski definition) is 1. The van der Waals surface area contributed by atoms with Gasteiger partial charge in [-0.3, -0.25) is 4.79 Å². The number of nitrogens with two attached hydrogens (primary N) is 1. The normalized spacial score (nSPS) is 20.8. The minimum Gasteiger partial charge on any atom is -0.490 e. The van der Waals surface area contributed by atoms with Gasteiger partial charge in [0.15, 0.2) is 5.78 Å². The molecule has 1 aromatic carbocycles. The highest BCUT2D eigenvalue weighted by Crippen LogP contribution is 2.32. The molecule has 3 nitrogen and oxygen atoms in total. The van der Waals surface area contributed by atoms with Crippen LogP contribution in [0.15, 0.2) is 22.7 Å². The van der Waals surface area contributed by atoms with Gasteiger partial charge >= 0.3 is 0 Å². The average Bonchev–Trinajstić information content (AvgIpc) is 2.12.